The average Bonchev–Trinajstić information content (AvgIpc) is 2.63. The number of aryl methyl sites for hydroxylation is 1. The van der Waals surface area contributed by atoms with Gasteiger partial charge in [0.2, 0.25) is 5.91 Å². The van der Waals surface area contributed by atoms with E-state index in [9.17, 15) is 9.59 Å². The maximum Gasteiger partial charge on any atom is 0.261 e. The summed E-state index contributed by atoms with van der Waals surface area (Å²) in [5, 5.41) is 2.87. The van der Waals surface area contributed by atoms with Crippen molar-refractivity contribution in [2.45, 2.75) is 46.3 Å². The van der Waals surface area contributed by atoms with Crippen LogP contribution in [0.4, 0.5) is 0 Å². The molecule has 2 aromatic rings. The number of hydrogen-bond acceptors (Lipinski definition) is 3. The van der Waals surface area contributed by atoms with Gasteiger partial charge in [-0.15, -0.1) is 0 Å². The van der Waals surface area contributed by atoms with Gasteiger partial charge in [-0.25, -0.2) is 0 Å². The van der Waals surface area contributed by atoms with E-state index >= 15 is 0 Å². The summed E-state index contributed by atoms with van der Waals surface area (Å²) >= 11 is 3.45. The summed E-state index contributed by atoms with van der Waals surface area (Å²) < 4.78 is 6.59. The summed E-state index contributed by atoms with van der Waals surface area (Å²) in [7, 11) is 0. The lowest BCUT2D eigenvalue weighted by molar-refractivity contribution is -0.142. The van der Waals surface area contributed by atoms with Crippen LogP contribution < -0.4 is 10.1 Å². The highest BCUT2D eigenvalue weighted by Gasteiger charge is 2.26. The third-order valence-electron chi connectivity index (χ3n) is 4.19. The molecular weight excluding hydrogens is 420 g/mol. The van der Waals surface area contributed by atoms with Crippen LogP contribution in [-0.2, 0) is 16.1 Å². The monoisotopic (exact) mass is 446 g/mol. The molecule has 2 aromatic carbocycles. The average molecular weight is 447 g/mol. The van der Waals surface area contributed by atoms with Crippen LogP contribution in [-0.4, -0.2) is 35.4 Å². The summed E-state index contributed by atoms with van der Waals surface area (Å²) in [5.41, 5.74) is 1.99. The predicted molar refractivity (Wildman–Crippen MR) is 114 cm³/mol. The number of ether oxygens (including phenoxy) is 1. The largest absolute Gasteiger partial charge is 0.484 e. The van der Waals surface area contributed by atoms with Crippen molar-refractivity contribution in [2.24, 2.45) is 0 Å². The number of benzene rings is 2. The van der Waals surface area contributed by atoms with Crippen molar-refractivity contribution in [1.29, 1.82) is 0 Å². The molecule has 2 rings (SSSR count). The molecule has 2 amide bonds. The van der Waals surface area contributed by atoms with Crippen molar-refractivity contribution >= 4 is 27.7 Å². The molecule has 0 heterocycles. The van der Waals surface area contributed by atoms with E-state index in [1.54, 1.807) is 11.8 Å². The van der Waals surface area contributed by atoms with Gasteiger partial charge < -0.3 is 15.0 Å². The third kappa shape index (κ3) is 6.68. The third-order valence-corrected chi connectivity index (χ3v) is 4.69. The Bertz CT molecular complexity index is 823. The number of nitrogens with zero attached hydrogens (tertiary/aromatic N) is 1. The minimum atomic E-state index is -0.616. The first-order chi connectivity index (χ1) is 13.3. The highest BCUT2D eigenvalue weighted by molar-refractivity contribution is 9.10. The smallest absolute Gasteiger partial charge is 0.261 e. The molecule has 0 bridgehead atoms. The fourth-order valence-electron chi connectivity index (χ4n) is 2.75. The molecule has 5 nitrogen and oxygen atoms in total. The van der Waals surface area contributed by atoms with Crippen molar-refractivity contribution in [2.75, 3.05) is 6.61 Å². The first-order valence-corrected chi connectivity index (χ1v) is 10.1. The second-order valence-corrected chi connectivity index (χ2v) is 8.01. The molecule has 0 radical (unpaired) electrons. The summed E-state index contributed by atoms with van der Waals surface area (Å²) in [4.78, 5) is 27.0. The van der Waals surface area contributed by atoms with E-state index in [1.165, 1.54) is 0 Å². The summed E-state index contributed by atoms with van der Waals surface area (Å²) in [6, 6.07) is 14.6. The van der Waals surface area contributed by atoms with Gasteiger partial charge in [0.15, 0.2) is 6.61 Å². The molecule has 0 aliphatic heterocycles. The second-order valence-electron chi connectivity index (χ2n) is 7.10. The van der Waals surface area contributed by atoms with Crippen LogP contribution in [0.15, 0.2) is 53.0 Å². The zero-order valence-electron chi connectivity index (χ0n) is 16.7. The normalized spacial score (nSPS) is 11.8. The number of carbonyl (C=O) groups is 2. The highest BCUT2D eigenvalue weighted by atomic mass is 79.9. The van der Waals surface area contributed by atoms with Gasteiger partial charge in [0.05, 0.1) is 0 Å². The van der Waals surface area contributed by atoms with Gasteiger partial charge in [0.1, 0.15) is 11.8 Å². The minimum Gasteiger partial charge on any atom is -0.484 e. The zero-order chi connectivity index (χ0) is 20.7. The number of nitrogens with one attached hydrogen (secondary N) is 1. The molecule has 150 valence electrons. The van der Waals surface area contributed by atoms with E-state index in [2.05, 4.69) is 21.2 Å². The number of carbonyl (C=O) groups excluding carboxylic acids is 2. The fourth-order valence-corrected chi connectivity index (χ4v) is 3.20. The maximum absolute atomic E-state index is 12.9. The van der Waals surface area contributed by atoms with Crippen molar-refractivity contribution in [3.05, 3.63) is 64.1 Å². The molecular formula is C22H27BrN2O3. The van der Waals surface area contributed by atoms with Crippen molar-refractivity contribution in [3.8, 4) is 5.75 Å². The lowest BCUT2D eigenvalue weighted by Gasteiger charge is -2.29. The molecule has 0 saturated carbocycles. The van der Waals surface area contributed by atoms with Crippen molar-refractivity contribution in [1.82, 2.24) is 10.2 Å². The van der Waals surface area contributed by atoms with Gasteiger partial charge in [-0.05, 0) is 63.1 Å². The Morgan fingerprint density at radius 2 is 1.82 bits per heavy atom. The Hall–Kier alpha value is -2.34. The predicted octanol–water partition coefficient (Wildman–Crippen LogP) is 4.08. The molecule has 0 aromatic heterocycles. The van der Waals surface area contributed by atoms with Crippen LogP contribution in [0.3, 0.4) is 0 Å². The zero-order valence-corrected chi connectivity index (χ0v) is 18.3. The maximum atomic E-state index is 12.9. The second kappa shape index (κ2) is 10.3. The van der Waals surface area contributed by atoms with Crippen molar-refractivity contribution < 1.29 is 14.3 Å². The van der Waals surface area contributed by atoms with Crippen LogP contribution >= 0.6 is 15.9 Å². The number of rotatable bonds is 8. The quantitative estimate of drug-likeness (QED) is 0.664. The molecule has 28 heavy (non-hydrogen) atoms. The van der Waals surface area contributed by atoms with E-state index in [1.807, 2.05) is 69.3 Å². The van der Waals surface area contributed by atoms with Gasteiger partial charge >= 0.3 is 0 Å². The van der Waals surface area contributed by atoms with Gasteiger partial charge in [-0.2, -0.15) is 0 Å². The molecule has 6 heteroatoms. The van der Waals surface area contributed by atoms with Gasteiger partial charge in [0, 0.05) is 17.1 Å². The Labute approximate surface area is 175 Å². The van der Waals surface area contributed by atoms with Crippen LogP contribution in [0.2, 0.25) is 0 Å². The van der Waals surface area contributed by atoms with Gasteiger partial charge in [0.25, 0.3) is 5.91 Å². The van der Waals surface area contributed by atoms with E-state index in [-0.39, 0.29) is 24.5 Å². The van der Waals surface area contributed by atoms with Crippen LogP contribution in [0.25, 0.3) is 0 Å². The molecule has 1 atom stereocenters. The Kier molecular flexibility index (Phi) is 8.05. The molecule has 0 saturated heterocycles. The van der Waals surface area contributed by atoms with E-state index < -0.39 is 6.04 Å². The number of hydrogen-bond donors (Lipinski definition) is 1. The summed E-state index contributed by atoms with van der Waals surface area (Å²) in [5.74, 6) is 0.205. The Balaban J connectivity index is 2.15. The molecule has 0 aliphatic rings. The van der Waals surface area contributed by atoms with E-state index in [0.717, 1.165) is 15.6 Å². The molecule has 0 unspecified atom stereocenters. The first kappa shape index (κ1) is 22.0. The standard InChI is InChI=1S/C22H27BrN2O3/c1-15(2)24-22(27)17(4)25(13-18-8-6-9-19(23)12-18)21(26)14-28-20-10-5-7-16(3)11-20/h5-12,15,17H,13-14H2,1-4H3,(H,24,27)/t17-/m1/s1. The fraction of sp³-hybridized carbons (Fsp3) is 0.364. The Morgan fingerprint density at radius 3 is 2.46 bits per heavy atom. The summed E-state index contributed by atoms with van der Waals surface area (Å²) in [6.45, 7) is 7.68. The topological polar surface area (TPSA) is 58.6 Å². The Morgan fingerprint density at radius 1 is 1.11 bits per heavy atom. The molecule has 0 spiro atoms. The lowest BCUT2D eigenvalue weighted by Crippen LogP contribution is -2.50. The molecule has 0 fully saturated rings. The van der Waals surface area contributed by atoms with Gasteiger partial charge in [-0.3, -0.25) is 9.59 Å². The highest BCUT2D eigenvalue weighted by Crippen LogP contribution is 2.17. The number of halogens is 1. The van der Waals surface area contributed by atoms with Crippen LogP contribution in [0.5, 0.6) is 5.75 Å². The number of amides is 2. The summed E-state index contributed by atoms with van der Waals surface area (Å²) in [6.07, 6.45) is 0. The molecule has 0 aliphatic carbocycles. The van der Waals surface area contributed by atoms with Crippen molar-refractivity contribution in [3.63, 3.8) is 0 Å². The van der Waals surface area contributed by atoms with E-state index in [4.69, 9.17) is 4.74 Å². The van der Waals surface area contributed by atoms with Crippen LogP contribution in [0.1, 0.15) is 31.9 Å². The lowest BCUT2D eigenvalue weighted by atomic mass is 10.1. The first-order valence-electron chi connectivity index (χ1n) is 9.30. The van der Waals surface area contributed by atoms with Gasteiger partial charge in [-0.1, -0.05) is 40.2 Å². The molecule has 1 N–H and O–H groups in total. The minimum absolute atomic E-state index is 0.00122. The van der Waals surface area contributed by atoms with Crippen LogP contribution in [0, 0.1) is 6.92 Å². The van der Waals surface area contributed by atoms with E-state index in [0.29, 0.717) is 12.3 Å². The SMILES string of the molecule is Cc1cccc(OCC(=O)N(Cc2cccc(Br)c2)[C@H](C)C(=O)NC(C)C)c1.